The summed E-state index contributed by atoms with van der Waals surface area (Å²) in [7, 11) is 0. The fourth-order valence-corrected chi connectivity index (χ4v) is 3.41. The average molecular weight is 411 g/mol. The maximum absolute atomic E-state index is 14.1. The van der Waals surface area contributed by atoms with Crippen LogP contribution in [0.15, 0.2) is 77.8 Å². The Bertz CT molecular complexity index is 1350. The van der Waals surface area contributed by atoms with Gasteiger partial charge in [0.25, 0.3) is 0 Å². The van der Waals surface area contributed by atoms with Gasteiger partial charge in [-0.15, -0.1) is 0 Å². The van der Waals surface area contributed by atoms with Gasteiger partial charge in [-0.25, -0.2) is 8.78 Å². The number of aryl methyl sites for hydroxylation is 1. The minimum Gasteiger partial charge on any atom is -0.204 e. The third kappa shape index (κ3) is 3.90. The molecule has 4 aromatic carbocycles. The van der Waals surface area contributed by atoms with Crippen molar-refractivity contribution in [1.82, 2.24) is 0 Å². The zero-order chi connectivity index (χ0) is 21.1. The molecule has 0 N–H and O–H groups in total. The first kappa shape index (κ1) is 19.7. The Morgan fingerprint density at radius 3 is 2.13 bits per heavy atom. The first-order valence-electron chi connectivity index (χ1n) is 9.24. The molecule has 0 bridgehead atoms. The van der Waals surface area contributed by atoms with Crippen molar-refractivity contribution in [2.45, 2.75) is 6.92 Å². The summed E-state index contributed by atoms with van der Waals surface area (Å²) < 4.78 is 28.1. The molecular formula is C26H15F2NS. The van der Waals surface area contributed by atoms with Crippen LogP contribution in [0, 0.1) is 30.4 Å². The molecule has 0 aliphatic carbocycles. The lowest BCUT2D eigenvalue weighted by molar-refractivity contribution is 0.587. The van der Waals surface area contributed by atoms with Crippen molar-refractivity contribution >= 4 is 33.8 Å². The van der Waals surface area contributed by atoms with Gasteiger partial charge in [0.15, 0.2) is 11.6 Å². The van der Waals surface area contributed by atoms with Crippen molar-refractivity contribution in [3.63, 3.8) is 0 Å². The van der Waals surface area contributed by atoms with E-state index in [1.807, 2.05) is 41.6 Å². The fourth-order valence-electron chi connectivity index (χ4n) is 3.32. The summed E-state index contributed by atoms with van der Waals surface area (Å²) in [5.41, 5.74) is 3.98. The molecule has 0 fully saturated rings. The van der Waals surface area contributed by atoms with Gasteiger partial charge in [-0.2, -0.15) is 4.99 Å². The van der Waals surface area contributed by atoms with Crippen LogP contribution in [0.2, 0.25) is 0 Å². The first-order valence-corrected chi connectivity index (χ1v) is 9.65. The highest BCUT2D eigenvalue weighted by atomic mass is 32.1. The lowest BCUT2D eigenvalue weighted by Gasteiger charge is -2.09. The normalized spacial score (nSPS) is 10.2. The van der Waals surface area contributed by atoms with Gasteiger partial charge >= 0.3 is 0 Å². The molecule has 4 aromatic rings. The second-order valence-electron chi connectivity index (χ2n) is 6.81. The summed E-state index contributed by atoms with van der Waals surface area (Å²) in [5, 5.41) is 4.02. The van der Waals surface area contributed by atoms with E-state index >= 15 is 0 Å². The number of hydrogen-bond donors (Lipinski definition) is 0. The van der Waals surface area contributed by atoms with Crippen molar-refractivity contribution in [1.29, 1.82) is 0 Å². The van der Waals surface area contributed by atoms with Crippen LogP contribution in [0.25, 0.3) is 21.9 Å². The molecule has 4 rings (SSSR count). The van der Waals surface area contributed by atoms with Crippen LogP contribution < -0.4 is 0 Å². The second kappa shape index (κ2) is 8.39. The number of thiocarbonyl (C=S) groups is 1. The molecule has 1 nitrogen and oxygen atoms in total. The highest BCUT2D eigenvalue weighted by Gasteiger charge is 2.10. The summed E-state index contributed by atoms with van der Waals surface area (Å²) in [6.07, 6.45) is 0. The summed E-state index contributed by atoms with van der Waals surface area (Å²) in [5.74, 6) is 4.25. The van der Waals surface area contributed by atoms with Crippen LogP contribution in [-0.2, 0) is 0 Å². The number of benzene rings is 4. The van der Waals surface area contributed by atoms with Crippen LogP contribution in [0.4, 0.5) is 14.5 Å². The Kier molecular flexibility index (Phi) is 5.50. The molecule has 0 saturated heterocycles. The largest absolute Gasteiger partial charge is 0.204 e. The molecular weight excluding hydrogens is 396 g/mol. The minimum absolute atomic E-state index is 0.222. The average Bonchev–Trinajstić information content (AvgIpc) is 2.75. The third-order valence-electron chi connectivity index (χ3n) is 4.80. The van der Waals surface area contributed by atoms with Crippen molar-refractivity contribution in [3.8, 4) is 23.0 Å². The quantitative estimate of drug-likeness (QED) is 0.193. The van der Waals surface area contributed by atoms with Crippen molar-refractivity contribution in [3.05, 3.63) is 101 Å². The van der Waals surface area contributed by atoms with Gasteiger partial charge in [-0.05, 0) is 59.2 Å². The van der Waals surface area contributed by atoms with Gasteiger partial charge < -0.3 is 0 Å². The van der Waals surface area contributed by atoms with Gasteiger partial charge in [-0.1, -0.05) is 72.0 Å². The number of fused-ring (bicyclic) bond motifs is 1. The Labute approximate surface area is 178 Å². The first-order chi connectivity index (χ1) is 14.6. The Balaban J connectivity index is 1.80. The number of hydrogen-bond acceptors (Lipinski definition) is 2. The van der Waals surface area contributed by atoms with E-state index in [9.17, 15) is 8.78 Å². The number of halogens is 2. The van der Waals surface area contributed by atoms with Crippen LogP contribution in [0.3, 0.4) is 0 Å². The van der Waals surface area contributed by atoms with Crippen molar-refractivity contribution in [2.24, 2.45) is 4.99 Å². The SMILES string of the molecule is Cc1ccc(-c2ccc(C#Cc3cc(F)c(N=C=S)c(F)c3)c3ccccc23)cc1. The molecule has 0 saturated carbocycles. The highest BCUT2D eigenvalue weighted by Crippen LogP contribution is 2.31. The van der Waals surface area contributed by atoms with E-state index in [1.54, 1.807) is 0 Å². The minimum atomic E-state index is -0.823. The van der Waals surface area contributed by atoms with E-state index in [0.717, 1.165) is 39.6 Å². The number of rotatable bonds is 2. The van der Waals surface area contributed by atoms with E-state index in [1.165, 1.54) is 5.56 Å². The van der Waals surface area contributed by atoms with E-state index in [2.05, 4.69) is 60.2 Å². The van der Waals surface area contributed by atoms with E-state index in [0.29, 0.717) is 0 Å². The molecule has 0 amide bonds. The lowest BCUT2D eigenvalue weighted by Crippen LogP contribution is -1.88. The molecule has 0 aliphatic rings. The molecule has 144 valence electrons. The van der Waals surface area contributed by atoms with Crippen molar-refractivity contribution < 1.29 is 8.78 Å². The molecule has 0 atom stereocenters. The molecule has 0 spiro atoms. The number of aliphatic imine (C=N–C) groups is 1. The van der Waals surface area contributed by atoms with Crippen LogP contribution in [-0.4, -0.2) is 5.16 Å². The van der Waals surface area contributed by atoms with E-state index < -0.39 is 17.3 Å². The molecule has 0 unspecified atom stereocenters. The lowest BCUT2D eigenvalue weighted by atomic mass is 9.94. The molecule has 0 aliphatic heterocycles. The third-order valence-corrected chi connectivity index (χ3v) is 4.89. The van der Waals surface area contributed by atoms with Gasteiger partial charge in [0.05, 0.1) is 5.16 Å². The highest BCUT2D eigenvalue weighted by molar-refractivity contribution is 7.78. The van der Waals surface area contributed by atoms with E-state index in [-0.39, 0.29) is 5.56 Å². The van der Waals surface area contributed by atoms with Crippen LogP contribution >= 0.6 is 12.2 Å². The summed E-state index contributed by atoms with van der Waals surface area (Å²) in [6, 6.07) is 22.6. The predicted molar refractivity (Wildman–Crippen MR) is 121 cm³/mol. The zero-order valence-corrected chi connectivity index (χ0v) is 16.9. The van der Waals surface area contributed by atoms with Gasteiger partial charge in [0.1, 0.15) is 5.69 Å². The second-order valence-corrected chi connectivity index (χ2v) is 7.00. The van der Waals surface area contributed by atoms with Crippen molar-refractivity contribution in [2.75, 3.05) is 0 Å². The molecule has 30 heavy (non-hydrogen) atoms. The summed E-state index contributed by atoms with van der Waals surface area (Å²) in [4.78, 5) is 3.42. The Hall–Kier alpha value is -3.64. The monoisotopic (exact) mass is 411 g/mol. The molecule has 0 heterocycles. The Morgan fingerprint density at radius 1 is 0.800 bits per heavy atom. The molecule has 0 radical (unpaired) electrons. The fraction of sp³-hybridized carbons (Fsp3) is 0.0385. The van der Waals surface area contributed by atoms with E-state index in [4.69, 9.17) is 0 Å². The molecule has 0 aromatic heterocycles. The number of nitrogens with zero attached hydrogens (tertiary/aromatic N) is 1. The molecule has 4 heteroatoms. The standard InChI is InChI=1S/C26H15F2NS/c1-17-6-9-19(10-7-17)22-13-12-20(21-4-2-3-5-23(21)22)11-8-18-14-24(27)26(29-16-30)25(28)15-18/h2-7,9-10,12-15H,1H3. The summed E-state index contributed by atoms with van der Waals surface area (Å²) in [6.45, 7) is 2.06. The maximum Gasteiger partial charge on any atom is 0.153 e. The zero-order valence-electron chi connectivity index (χ0n) is 16.0. The summed E-state index contributed by atoms with van der Waals surface area (Å²) >= 11 is 4.42. The number of isothiocyanates is 1. The van der Waals surface area contributed by atoms with Crippen LogP contribution in [0.1, 0.15) is 16.7 Å². The van der Waals surface area contributed by atoms with Gasteiger partial charge in [0, 0.05) is 11.1 Å². The topological polar surface area (TPSA) is 12.4 Å². The van der Waals surface area contributed by atoms with Gasteiger partial charge in [0.2, 0.25) is 0 Å². The van der Waals surface area contributed by atoms with Crippen LogP contribution in [0.5, 0.6) is 0 Å². The predicted octanol–water partition coefficient (Wildman–Crippen LogP) is 7.23. The maximum atomic E-state index is 14.1. The van der Waals surface area contributed by atoms with Gasteiger partial charge in [-0.3, -0.25) is 0 Å². The smallest absolute Gasteiger partial charge is 0.153 e. The Morgan fingerprint density at radius 2 is 1.47 bits per heavy atom.